The molecular formula is C23H20Cl2N4O. The van der Waals surface area contributed by atoms with E-state index in [2.05, 4.69) is 34.6 Å². The minimum absolute atomic E-state index is 0.336. The van der Waals surface area contributed by atoms with E-state index in [9.17, 15) is 4.79 Å². The van der Waals surface area contributed by atoms with Crippen LogP contribution < -0.4 is 5.32 Å². The molecule has 1 heterocycles. The fraction of sp³-hybridized carbons (Fsp3) is 0.174. The fourth-order valence-corrected chi connectivity index (χ4v) is 3.59. The maximum atomic E-state index is 12.6. The van der Waals surface area contributed by atoms with E-state index in [4.69, 9.17) is 23.2 Å². The third-order valence-electron chi connectivity index (χ3n) is 4.82. The molecule has 0 bridgehead atoms. The van der Waals surface area contributed by atoms with Crippen LogP contribution in [0, 0.1) is 0 Å². The summed E-state index contributed by atoms with van der Waals surface area (Å²) in [6.45, 7) is 2.18. The van der Waals surface area contributed by atoms with E-state index in [1.54, 1.807) is 41.2 Å². The minimum atomic E-state index is -0.336. The van der Waals surface area contributed by atoms with Crippen LogP contribution in [0.4, 0.5) is 5.69 Å². The standard InChI is InChI=1S/C23H20Cl2N4O/c1-2-3-6-15-9-11-16(12-10-15)29-27-21-13-19(25)20(14-22(21)28-29)26-23(30)17-7-4-5-8-18(17)24/h4-5,7-14H,2-3,6H2,1H3,(H,26,30). The van der Waals surface area contributed by atoms with Gasteiger partial charge >= 0.3 is 0 Å². The first-order chi connectivity index (χ1) is 14.5. The SMILES string of the molecule is CCCCc1ccc(-n2nc3cc(Cl)c(NC(=O)c4ccccc4Cl)cc3n2)cc1. The smallest absolute Gasteiger partial charge is 0.257 e. The van der Waals surface area contributed by atoms with Crippen molar-refractivity contribution >= 4 is 45.8 Å². The summed E-state index contributed by atoms with van der Waals surface area (Å²) in [6.07, 6.45) is 3.41. The molecule has 0 saturated carbocycles. The second kappa shape index (κ2) is 8.86. The predicted octanol–water partition coefficient (Wildman–Crippen LogP) is 6.32. The Labute approximate surface area is 184 Å². The highest BCUT2D eigenvalue weighted by atomic mass is 35.5. The minimum Gasteiger partial charge on any atom is -0.321 e. The molecule has 5 nitrogen and oxygen atoms in total. The van der Waals surface area contributed by atoms with E-state index in [-0.39, 0.29) is 5.91 Å². The van der Waals surface area contributed by atoms with Crippen molar-refractivity contribution in [3.8, 4) is 5.69 Å². The zero-order valence-electron chi connectivity index (χ0n) is 16.4. The molecule has 0 fully saturated rings. The van der Waals surface area contributed by atoms with Gasteiger partial charge in [0.25, 0.3) is 5.91 Å². The van der Waals surface area contributed by atoms with E-state index < -0.39 is 0 Å². The van der Waals surface area contributed by atoms with Crippen molar-refractivity contribution < 1.29 is 4.79 Å². The highest BCUT2D eigenvalue weighted by Gasteiger charge is 2.14. The van der Waals surface area contributed by atoms with Gasteiger partial charge in [-0.3, -0.25) is 4.79 Å². The number of benzene rings is 3. The van der Waals surface area contributed by atoms with Crippen molar-refractivity contribution in [2.75, 3.05) is 5.32 Å². The Morgan fingerprint density at radius 2 is 1.67 bits per heavy atom. The molecule has 0 aliphatic carbocycles. The summed E-state index contributed by atoms with van der Waals surface area (Å²) < 4.78 is 0. The molecule has 4 aromatic rings. The number of carbonyl (C=O) groups is 1. The van der Waals surface area contributed by atoms with Crippen LogP contribution in [0.3, 0.4) is 0 Å². The number of anilines is 1. The Morgan fingerprint density at radius 3 is 2.37 bits per heavy atom. The quantitative estimate of drug-likeness (QED) is 0.382. The monoisotopic (exact) mass is 438 g/mol. The highest BCUT2D eigenvalue weighted by molar-refractivity contribution is 6.36. The number of aryl methyl sites for hydroxylation is 1. The number of hydrogen-bond acceptors (Lipinski definition) is 3. The molecule has 152 valence electrons. The fourth-order valence-electron chi connectivity index (χ4n) is 3.16. The maximum absolute atomic E-state index is 12.6. The molecular weight excluding hydrogens is 419 g/mol. The van der Waals surface area contributed by atoms with Crippen LogP contribution >= 0.6 is 23.2 Å². The number of halogens is 2. The van der Waals surface area contributed by atoms with Gasteiger partial charge in [0.1, 0.15) is 11.0 Å². The normalized spacial score (nSPS) is 11.0. The van der Waals surface area contributed by atoms with Crippen LogP contribution in [-0.2, 0) is 6.42 Å². The average Bonchev–Trinajstić information content (AvgIpc) is 3.15. The lowest BCUT2D eigenvalue weighted by atomic mass is 10.1. The molecule has 0 atom stereocenters. The number of aromatic nitrogens is 3. The molecule has 0 unspecified atom stereocenters. The third kappa shape index (κ3) is 4.32. The lowest BCUT2D eigenvalue weighted by Crippen LogP contribution is -2.12. The summed E-state index contributed by atoms with van der Waals surface area (Å²) >= 11 is 12.5. The van der Waals surface area contributed by atoms with Gasteiger partial charge in [-0.15, -0.1) is 10.2 Å². The van der Waals surface area contributed by atoms with E-state index >= 15 is 0 Å². The van der Waals surface area contributed by atoms with Gasteiger partial charge in [-0.1, -0.05) is 60.8 Å². The van der Waals surface area contributed by atoms with E-state index in [0.29, 0.717) is 32.3 Å². The molecule has 1 aromatic heterocycles. The molecule has 30 heavy (non-hydrogen) atoms. The van der Waals surface area contributed by atoms with Crippen LogP contribution in [0.2, 0.25) is 10.0 Å². The Kier molecular flexibility index (Phi) is 6.02. The van der Waals surface area contributed by atoms with Crippen molar-refractivity contribution in [1.82, 2.24) is 15.0 Å². The zero-order valence-corrected chi connectivity index (χ0v) is 17.9. The van der Waals surface area contributed by atoms with Crippen molar-refractivity contribution in [3.05, 3.63) is 81.8 Å². The summed E-state index contributed by atoms with van der Waals surface area (Å²) in [6, 6.07) is 18.5. The average molecular weight is 439 g/mol. The van der Waals surface area contributed by atoms with Gasteiger partial charge in [0.05, 0.1) is 27.0 Å². The summed E-state index contributed by atoms with van der Waals surface area (Å²) in [5.74, 6) is -0.336. The topological polar surface area (TPSA) is 59.8 Å². The van der Waals surface area contributed by atoms with Crippen LogP contribution in [0.5, 0.6) is 0 Å². The van der Waals surface area contributed by atoms with Crippen molar-refractivity contribution in [2.24, 2.45) is 0 Å². The first kappa shape index (κ1) is 20.4. The van der Waals surface area contributed by atoms with Gasteiger partial charge in [0.15, 0.2) is 0 Å². The molecule has 0 aliphatic heterocycles. The summed E-state index contributed by atoms with van der Waals surface area (Å²) in [7, 11) is 0. The van der Waals surface area contributed by atoms with Crippen molar-refractivity contribution in [3.63, 3.8) is 0 Å². The van der Waals surface area contributed by atoms with E-state index in [1.807, 2.05) is 12.1 Å². The number of hydrogen-bond donors (Lipinski definition) is 1. The number of carbonyl (C=O) groups excluding carboxylic acids is 1. The lowest BCUT2D eigenvalue weighted by molar-refractivity contribution is 0.102. The van der Waals surface area contributed by atoms with Gasteiger partial charge < -0.3 is 5.32 Å². The second-order valence-corrected chi connectivity index (χ2v) is 7.83. The molecule has 0 radical (unpaired) electrons. The third-order valence-corrected chi connectivity index (χ3v) is 5.46. The Morgan fingerprint density at radius 1 is 0.967 bits per heavy atom. The number of fused-ring (bicyclic) bond motifs is 1. The number of unbranched alkanes of at least 4 members (excludes halogenated alkanes) is 1. The Bertz CT molecular complexity index is 1200. The number of nitrogens with zero attached hydrogens (tertiary/aromatic N) is 3. The molecule has 3 aromatic carbocycles. The lowest BCUT2D eigenvalue weighted by Gasteiger charge is -2.08. The van der Waals surface area contributed by atoms with E-state index in [1.165, 1.54) is 18.4 Å². The molecule has 0 aliphatic rings. The Balaban J connectivity index is 1.60. The molecule has 7 heteroatoms. The number of rotatable bonds is 6. The molecule has 1 amide bonds. The largest absolute Gasteiger partial charge is 0.321 e. The molecule has 0 saturated heterocycles. The van der Waals surface area contributed by atoms with Gasteiger partial charge in [0.2, 0.25) is 0 Å². The van der Waals surface area contributed by atoms with Crippen molar-refractivity contribution in [2.45, 2.75) is 26.2 Å². The first-order valence-electron chi connectivity index (χ1n) is 9.77. The summed E-state index contributed by atoms with van der Waals surface area (Å²) in [5, 5.41) is 12.6. The van der Waals surface area contributed by atoms with Gasteiger partial charge in [-0.2, -0.15) is 4.80 Å². The number of nitrogens with one attached hydrogen (secondary N) is 1. The van der Waals surface area contributed by atoms with Gasteiger partial charge in [-0.05, 0) is 54.8 Å². The van der Waals surface area contributed by atoms with Crippen LogP contribution in [0.25, 0.3) is 16.7 Å². The molecule has 1 N–H and O–H groups in total. The van der Waals surface area contributed by atoms with Gasteiger partial charge in [0, 0.05) is 0 Å². The van der Waals surface area contributed by atoms with Crippen LogP contribution in [0.1, 0.15) is 35.7 Å². The zero-order chi connectivity index (χ0) is 21.1. The molecule has 4 rings (SSSR count). The summed E-state index contributed by atoms with van der Waals surface area (Å²) in [5.41, 5.74) is 4.27. The summed E-state index contributed by atoms with van der Waals surface area (Å²) in [4.78, 5) is 14.1. The first-order valence-corrected chi connectivity index (χ1v) is 10.5. The van der Waals surface area contributed by atoms with Crippen LogP contribution in [0.15, 0.2) is 60.7 Å². The Hall–Kier alpha value is -2.89. The van der Waals surface area contributed by atoms with Crippen molar-refractivity contribution in [1.29, 1.82) is 0 Å². The number of amides is 1. The highest BCUT2D eigenvalue weighted by Crippen LogP contribution is 2.28. The van der Waals surface area contributed by atoms with Crippen LogP contribution in [-0.4, -0.2) is 20.9 Å². The van der Waals surface area contributed by atoms with Gasteiger partial charge in [-0.25, -0.2) is 0 Å². The van der Waals surface area contributed by atoms with E-state index in [0.717, 1.165) is 12.1 Å². The predicted molar refractivity (Wildman–Crippen MR) is 122 cm³/mol. The molecule has 0 spiro atoms. The maximum Gasteiger partial charge on any atom is 0.257 e. The second-order valence-electron chi connectivity index (χ2n) is 7.01.